The number of fused-ring (bicyclic) bond motifs is 1. The Morgan fingerprint density at radius 1 is 1.24 bits per heavy atom. The Bertz CT molecular complexity index is 602. The number of rotatable bonds is 3. The Morgan fingerprint density at radius 3 is 3.00 bits per heavy atom. The molecular formula is C13H14N4. The third-order valence-corrected chi connectivity index (χ3v) is 2.86. The summed E-state index contributed by atoms with van der Waals surface area (Å²) in [5.74, 6) is 1.10. The quantitative estimate of drug-likeness (QED) is 0.686. The highest BCUT2D eigenvalue weighted by molar-refractivity contribution is 5.39. The van der Waals surface area contributed by atoms with E-state index in [1.54, 1.807) is 0 Å². The molecule has 0 unspecified atom stereocenters. The molecule has 0 radical (unpaired) electrons. The monoisotopic (exact) mass is 226 g/mol. The fraction of sp³-hybridized carbons (Fsp3) is 0.231. The second-order valence-corrected chi connectivity index (χ2v) is 4.02. The Labute approximate surface area is 99.6 Å². The van der Waals surface area contributed by atoms with E-state index >= 15 is 0 Å². The van der Waals surface area contributed by atoms with E-state index in [-0.39, 0.29) is 0 Å². The molecule has 0 fully saturated rings. The first-order valence-corrected chi connectivity index (χ1v) is 5.79. The van der Waals surface area contributed by atoms with Gasteiger partial charge >= 0.3 is 0 Å². The molecule has 0 saturated heterocycles. The fourth-order valence-corrected chi connectivity index (χ4v) is 2.04. The molecule has 86 valence electrons. The lowest BCUT2D eigenvalue weighted by Gasteiger charge is -2.02. The van der Waals surface area contributed by atoms with E-state index < -0.39 is 0 Å². The summed E-state index contributed by atoms with van der Waals surface area (Å²) in [6.07, 6.45) is 8.87. The Kier molecular flexibility index (Phi) is 2.40. The minimum Gasteiger partial charge on any atom is -0.329 e. The van der Waals surface area contributed by atoms with Gasteiger partial charge in [0.25, 0.3) is 0 Å². The Balaban J connectivity index is 1.94. The maximum atomic E-state index is 4.58. The van der Waals surface area contributed by atoms with Gasteiger partial charge in [-0.05, 0) is 12.1 Å². The molecule has 3 aromatic heterocycles. The summed E-state index contributed by atoms with van der Waals surface area (Å²) in [5, 5.41) is 0. The number of hydrogen-bond donors (Lipinski definition) is 0. The van der Waals surface area contributed by atoms with E-state index in [1.165, 1.54) is 0 Å². The van der Waals surface area contributed by atoms with Crippen LogP contribution in [-0.2, 0) is 13.0 Å². The molecule has 0 saturated carbocycles. The van der Waals surface area contributed by atoms with Crippen molar-refractivity contribution in [3.05, 3.63) is 54.5 Å². The maximum absolute atomic E-state index is 4.58. The predicted octanol–water partition coefficient (Wildman–Crippen LogP) is 2.14. The first-order valence-electron chi connectivity index (χ1n) is 5.79. The molecule has 17 heavy (non-hydrogen) atoms. The van der Waals surface area contributed by atoms with Gasteiger partial charge in [-0.3, -0.25) is 0 Å². The van der Waals surface area contributed by atoms with Crippen LogP contribution in [0.5, 0.6) is 0 Å². The summed E-state index contributed by atoms with van der Waals surface area (Å²) >= 11 is 0. The van der Waals surface area contributed by atoms with E-state index in [4.69, 9.17) is 0 Å². The minimum absolute atomic E-state index is 0.783. The Morgan fingerprint density at radius 2 is 2.18 bits per heavy atom. The van der Waals surface area contributed by atoms with Crippen molar-refractivity contribution in [2.45, 2.75) is 19.9 Å². The predicted molar refractivity (Wildman–Crippen MR) is 65.9 cm³/mol. The molecular weight excluding hydrogens is 212 g/mol. The molecule has 4 heteroatoms. The van der Waals surface area contributed by atoms with Crippen molar-refractivity contribution in [2.24, 2.45) is 0 Å². The second-order valence-electron chi connectivity index (χ2n) is 4.02. The summed E-state index contributed by atoms with van der Waals surface area (Å²) in [5.41, 5.74) is 2.05. The highest BCUT2D eigenvalue weighted by atomic mass is 15.1. The SMILES string of the molecule is CCc1nccn1Cc1cn2ccccc2n1. The largest absolute Gasteiger partial charge is 0.329 e. The number of hydrogen-bond acceptors (Lipinski definition) is 2. The van der Waals surface area contributed by atoms with Gasteiger partial charge in [0.05, 0.1) is 12.2 Å². The molecule has 0 amide bonds. The van der Waals surface area contributed by atoms with Crippen LogP contribution in [0.4, 0.5) is 0 Å². The van der Waals surface area contributed by atoms with Crippen molar-refractivity contribution < 1.29 is 0 Å². The van der Waals surface area contributed by atoms with Crippen LogP contribution < -0.4 is 0 Å². The molecule has 3 rings (SSSR count). The zero-order chi connectivity index (χ0) is 11.7. The van der Waals surface area contributed by atoms with Crippen molar-refractivity contribution in [3.63, 3.8) is 0 Å². The van der Waals surface area contributed by atoms with Crippen LogP contribution >= 0.6 is 0 Å². The van der Waals surface area contributed by atoms with Gasteiger partial charge in [0, 0.05) is 31.2 Å². The van der Waals surface area contributed by atoms with E-state index in [1.807, 2.05) is 41.2 Å². The number of aryl methyl sites for hydroxylation is 1. The molecule has 3 heterocycles. The van der Waals surface area contributed by atoms with Crippen LogP contribution in [0.2, 0.25) is 0 Å². The average molecular weight is 226 g/mol. The normalized spacial score (nSPS) is 11.1. The molecule has 0 aliphatic rings. The van der Waals surface area contributed by atoms with Gasteiger partial charge in [0.15, 0.2) is 0 Å². The van der Waals surface area contributed by atoms with Crippen LogP contribution in [0.15, 0.2) is 43.0 Å². The molecule has 0 N–H and O–H groups in total. The third-order valence-electron chi connectivity index (χ3n) is 2.86. The summed E-state index contributed by atoms with van der Waals surface area (Å²) in [4.78, 5) is 8.89. The molecule has 0 bridgehead atoms. The highest BCUT2D eigenvalue weighted by Crippen LogP contribution is 2.08. The van der Waals surface area contributed by atoms with Gasteiger partial charge in [0.1, 0.15) is 11.5 Å². The Hall–Kier alpha value is -2.10. The van der Waals surface area contributed by atoms with Gasteiger partial charge in [0.2, 0.25) is 0 Å². The highest BCUT2D eigenvalue weighted by Gasteiger charge is 2.04. The van der Waals surface area contributed by atoms with E-state index in [2.05, 4.69) is 27.7 Å². The van der Waals surface area contributed by atoms with Crippen LogP contribution in [0, 0.1) is 0 Å². The smallest absolute Gasteiger partial charge is 0.137 e. The van der Waals surface area contributed by atoms with Crippen molar-refractivity contribution >= 4 is 5.65 Å². The third kappa shape index (κ3) is 1.82. The van der Waals surface area contributed by atoms with Crippen LogP contribution in [0.25, 0.3) is 5.65 Å². The van der Waals surface area contributed by atoms with Crippen LogP contribution in [0.3, 0.4) is 0 Å². The number of aromatic nitrogens is 4. The number of pyridine rings is 1. The summed E-state index contributed by atoms with van der Waals surface area (Å²) in [7, 11) is 0. The van der Waals surface area contributed by atoms with Crippen LogP contribution in [-0.4, -0.2) is 18.9 Å². The summed E-state index contributed by atoms with van der Waals surface area (Å²) in [6.45, 7) is 2.90. The topological polar surface area (TPSA) is 35.1 Å². The first-order chi connectivity index (χ1) is 8.36. The van der Waals surface area contributed by atoms with Gasteiger partial charge < -0.3 is 8.97 Å². The molecule has 0 aliphatic heterocycles. The molecule has 0 atom stereocenters. The van der Waals surface area contributed by atoms with Crippen molar-refractivity contribution in [2.75, 3.05) is 0 Å². The van der Waals surface area contributed by atoms with Crippen molar-refractivity contribution in [3.8, 4) is 0 Å². The zero-order valence-corrected chi connectivity index (χ0v) is 9.74. The van der Waals surface area contributed by atoms with Gasteiger partial charge in [-0.15, -0.1) is 0 Å². The number of imidazole rings is 2. The van der Waals surface area contributed by atoms with Gasteiger partial charge in [-0.25, -0.2) is 9.97 Å². The average Bonchev–Trinajstić information content (AvgIpc) is 2.94. The number of nitrogens with zero attached hydrogens (tertiary/aromatic N) is 4. The van der Waals surface area contributed by atoms with Gasteiger partial charge in [-0.1, -0.05) is 13.0 Å². The lowest BCUT2D eigenvalue weighted by molar-refractivity contribution is 0.720. The lowest BCUT2D eigenvalue weighted by Crippen LogP contribution is -2.03. The van der Waals surface area contributed by atoms with Crippen molar-refractivity contribution in [1.82, 2.24) is 18.9 Å². The van der Waals surface area contributed by atoms with Crippen molar-refractivity contribution in [1.29, 1.82) is 0 Å². The maximum Gasteiger partial charge on any atom is 0.137 e. The lowest BCUT2D eigenvalue weighted by atomic mass is 10.4. The van der Waals surface area contributed by atoms with Gasteiger partial charge in [-0.2, -0.15) is 0 Å². The molecule has 4 nitrogen and oxygen atoms in total. The molecule has 0 spiro atoms. The fourth-order valence-electron chi connectivity index (χ4n) is 2.04. The van der Waals surface area contributed by atoms with E-state index in [0.717, 1.165) is 30.1 Å². The minimum atomic E-state index is 0.783. The standard InChI is InChI=1S/C13H14N4/c1-2-12-14-6-8-17(12)10-11-9-16-7-4-3-5-13(16)15-11/h3-9H,2,10H2,1H3. The molecule has 0 aliphatic carbocycles. The first kappa shape index (κ1) is 10.1. The molecule has 3 aromatic rings. The summed E-state index contributed by atoms with van der Waals surface area (Å²) in [6, 6.07) is 6.02. The van der Waals surface area contributed by atoms with E-state index in [9.17, 15) is 0 Å². The summed E-state index contributed by atoms with van der Waals surface area (Å²) < 4.78 is 4.18. The van der Waals surface area contributed by atoms with Crippen LogP contribution in [0.1, 0.15) is 18.4 Å². The van der Waals surface area contributed by atoms with E-state index in [0.29, 0.717) is 0 Å². The zero-order valence-electron chi connectivity index (χ0n) is 9.74. The molecule has 0 aromatic carbocycles. The second kappa shape index (κ2) is 4.05.